The van der Waals surface area contributed by atoms with E-state index in [0.717, 1.165) is 37.2 Å². The fraction of sp³-hybridized carbons (Fsp3) is 0.462. The number of anilines is 1. The second kappa shape index (κ2) is 5.12. The number of rotatable bonds is 3. The summed E-state index contributed by atoms with van der Waals surface area (Å²) in [5, 5.41) is 0. The molecule has 1 aromatic rings. The summed E-state index contributed by atoms with van der Waals surface area (Å²) < 4.78 is 0. The van der Waals surface area contributed by atoms with Crippen molar-refractivity contribution in [2.75, 3.05) is 18.8 Å². The fourth-order valence-electron chi connectivity index (χ4n) is 2.19. The third kappa shape index (κ3) is 2.61. The predicted molar refractivity (Wildman–Crippen MR) is 65.4 cm³/mol. The lowest BCUT2D eigenvalue weighted by atomic mass is 10.1. The number of benzene rings is 1. The lowest BCUT2D eigenvalue weighted by molar-refractivity contribution is 0.112. The van der Waals surface area contributed by atoms with Gasteiger partial charge in [-0.1, -0.05) is 6.42 Å². The summed E-state index contributed by atoms with van der Waals surface area (Å²) in [6.07, 6.45) is 4.75. The van der Waals surface area contributed by atoms with Crippen LogP contribution in [-0.2, 0) is 6.54 Å². The molecule has 0 saturated carbocycles. The summed E-state index contributed by atoms with van der Waals surface area (Å²) in [6, 6.07) is 5.49. The lowest BCUT2D eigenvalue weighted by Crippen LogP contribution is -2.29. The molecule has 2 rings (SSSR count). The molecule has 0 aromatic heterocycles. The van der Waals surface area contributed by atoms with E-state index in [1.807, 2.05) is 12.1 Å². The summed E-state index contributed by atoms with van der Waals surface area (Å²) in [5.74, 6) is 0. The van der Waals surface area contributed by atoms with Gasteiger partial charge in [-0.15, -0.1) is 0 Å². The van der Waals surface area contributed by atoms with Crippen molar-refractivity contribution in [3.8, 4) is 0 Å². The van der Waals surface area contributed by atoms with E-state index in [-0.39, 0.29) is 0 Å². The maximum absolute atomic E-state index is 10.7. The van der Waals surface area contributed by atoms with E-state index >= 15 is 0 Å². The van der Waals surface area contributed by atoms with Crippen molar-refractivity contribution in [1.29, 1.82) is 0 Å². The Balaban J connectivity index is 2.09. The highest BCUT2D eigenvalue weighted by Gasteiger charge is 2.12. The minimum Gasteiger partial charge on any atom is -0.398 e. The predicted octanol–water partition coefficient (Wildman–Crippen LogP) is 2.07. The van der Waals surface area contributed by atoms with E-state index in [4.69, 9.17) is 5.73 Å². The Labute approximate surface area is 96.2 Å². The third-order valence-electron chi connectivity index (χ3n) is 3.15. The second-order valence-corrected chi connectivity index (χ2v) is 4.41. The van der Waals surface area contributed by atoms with Crippen molar-refractivity contribution in [2.24, 2.45) is 0 Å². The van der Waals surface area contributed by atoms with Gasteiger partial charge in [0.25, 0.3) is 0 Å². The van der Waals surface area contributed by atoms with E-state index in [1.54, 1.807) is 6.07 Å². The Kier molecular flexibility index (Phi) is 3.57. The first kappa shape index (κ1) is 11.1. The van der Waals surface area contributed by atoms with Crippen LogP contribution in [-0.4, -0.2) is 24.3 Å². The average Bonchev–Trinajstić information content (AvgIpc) is 2.33. The number of aldehydes is 1. The largest absolute Gasteiger partial charge is 0.398 e. The van der Waals surface area contributed by atoms with Gasteiger partial charge in [0, 0.05) is 17.8 Å². The highest BCUT2D eigenvalue weighted by Crippen LogP contribution is 2.18. The van der Waals surface area contributed by atoms with Gasteiger partial charge in [-0.3, -0.25) is 9.69 Å². The van der Waals surface area contributed by atoms with Crippen LogP contribution >= 0.6 is 0 Å². The zero-order valence-electron chi connectivity index (χ0n) is 9.48. The summed E-state index contributed by atoms with van der Waals surface area (Å²) in [7, 11) is 0. The minimum atomic E-state index is 0.709. The molecule has 1 heterocycles. The number of hydrogen-bond donors (Lipinski definition) is 1. The van der Waals surface area contributed by atoms with Crippen molar-refractivity contribution < 1.29 is 4.79 Å². The van der Waals surface area contributed by atoms with Gasteiger partial charge in [-0.25, -0.2) is 0 Å². The second-order valence-electron chi connectivity index (χ2n) is 4.41. The molecule has 0 radical (unpaired) electrons. The zero-order chi connectivity index (χ0) is 11.4. The Morgan fingerprint density at radius 3 is 2.69 bits per heavy atom. The molecule has 0 spiro atoms. The van der Waals surface area contributed by atoms with Crippen LogP contribution in [0.4, 0.5) is 5.69 Å². The fourth-order valence-corrected chi connectivity index (χ4v) is 2.19. The van der Waals surface area contributed by atoms with Crippen LogP contribution in [0.5, 0.6) is 0 Å². The topological polar surface area (TPSA) is 46.3 Å². The molecule has 1 aliphatic heterocycles. The molecule has 0 unspecified atom stereocenters. The zero-order valence-corrected chi connectivity index (χ0v) is 9.48. The van der Waals surface area contributed by atoms with Gasteiger partial charge in [0.15, 0.2) is 0 Å². The summed E-state index contributed by atoms with van der Waals surface area (Å²) in [5.41, 5.74) is 8.49. The molecule has 0 atom stereocenters. The quantitative estimate of drug-likeness (QED) is 0.624. The summed E-state index contributed by atoms with van der Waals surface area (Å²) in [6.45, 7) is 3.16. The van der Waals surface area contributed by atoms with E-state index in [0.29, 0.717) is 5.56 Å². The molecule has 86 valence electrons. The lowest BCUT2D eigenvalue weighted by Gasteiger charge is -2.26. The van der Waals surface area contributed by atoms with Gasteiger partial charge in [-0.05, 0) is 49.7 Å². The first-order valence-corrected chi connectivity index (χ1v) is 5.85. The van der Waals surface area contributed by atoms with Crippen LogP contribution in [0.2, 0.25) is 0 Å². The maximum atomic E-state index is 10.7. The molecule has 2 N–H and O–H groups in total. The Morgan fingerprint density at radius 2 is 2.00 bits per heavy atom. The van der Waals surface area contributed by atoms with E-state index in [2.05, 4.69) is 4.90 Å². The number of nitrogens with zero attached hydrogens (tertiary/aromatic N) is 1. The molecule has 0 aliphatic carbocycles. The van der Waals surface area contributed by atoms with Crippen molar-refractivity contribution >= 4 is 12.0 Å². The summed E-state index contributed by atoms with van der Waals surface area (Å²) >= 11 is 0. The van der Waals surface area contributed by atoms with Gasteiger partial charge in [0.05, 0.1) is 0 Å². The Bertz CT molecular complexity index is 370. The van der Waals surface area contributed by atoms with Gasteiger partial charge in [0.2, 0.25) is 0 Å². The number of hydrogen-bond acceptors (Lipinski definition) is 3. The molecule has 1 aliphatic rings. The van der Waals surface area contributed by atoms with E-state index in [9.17, 15) is 4.79 Å². The van der Waals surface area contributed by atoms with Crippen LogP contribution < -0.4 is 5.73 Å². The molecule has 1 fully saturated rings. The number of nitrogen functional groups attached to an aromatic ring is 1. The van der Waals surface area contributed by atoms with Gasteiger partial charge < -0.3 is 5.73 Å². The Morgan fingerprint density at radius 1 is 1.25 bits per heavy atom. The van der Waals surface area contributed by atoms with Crippen LogP contribution in [0.15, 0.2) is 18.2 Å². The standard InChI is InChI=1S/C13H18N2O/c14-13-5-4-11(10-16)8-12(13)9-15-6-2-1-3-7-15/h4-5,8,10H,1-3,6-7,9,14H2. The van der Waals surface area contributed by atoms with Crippen LogP contribution in [0, 0.1) is 0 Å². The van der Waals surface area contributed by atoms with Gasteiger partial charge in [0.1, 0.15) is 6.29 Å². The van der Waals surface area contributed by atoms with Crippen LogP contribution in [0.25, 0.3) is 0 Å². The maximum Gasteiger partial charge on any atom is 0.150 e. The number of piperidine rings is 1. The third-order valence-corrected chi connectivity index (χ3v) is 3.15. The Hall–Kier alpha value is -1.35. The smallest absolute Gasteiger partial charge is 0.150 e. The van der Waals surface area contributed by atoms with Gasteiger partial charge in [-0.2, -0.15) is 0 Å². The number of carbonyl (C=O) groups excluding carboxylic acids is 1. The van der Waals surface area contributed by atoms with E-state index < -0.39 is 0 Å². The normalized spacial score (nSPS) is 17.2. The molecule has 1 saturated heterocycles. The molecule has 0 bridgehead atoms. The molecule has 1 aromatic carbocycles. The summed E-state index contributed by atoms with van der Waals surface area (Å²) in [4.78, 5) is 13.1. The molecular formula is C13H18N2O. The molecule has 3 nitrogen and oxygen atoms in total. The van der Waals surface area contributed by atoms with Crippen molar-refractivity contribution in [3.63, 3.8) is 0 Å². The first-order valence-electron chi connectivity index (χ1n) is 5.85. The first-order chi connectivity index (χ1) is 7.79. The molecule has 3 heteroatoms. The minimum absolute atomic E-state index is 0.709. The van der Waals surface area contributed by atoms with E-state index in [1.165, 1.54) is 19.3 Å². The average molecular weight is 218 g/mol. The number of nitrogens with two attached hydrogens (primary N) is 1. The van der Waals surface area contributed by atoms with Crippen molar-refractivity contribution in [3.05, 3.63) is 29.3 Å². The van der Waals surface area contributed by atoms with Crippen molar-refractivity contribution in [2.45, 2.75) is 25.8 Å². The molecule has 0 amide bonds. The number of carbonyl (C=O) groups is 1. The SMILES string of the molecule is Nc1ccc(C=O)cc1CN1CCCCC1. The van der Waals surface area contributed by atoms with Crippen molar-refractivity contribution in [1.82, 2.24) is 4.90 Å². The monoisotopic (exact) mass is 218 g/mol. The highest BCUT2D eigenvalue weighted by atomic mass is 16.1. The van der Waals surface area contributed by atoms with Crippen LogP contribution in [0.1, 0.15) is 35.2 Å². The molecular weight excluding hydrogens is 200 g/mol. The highest BCUT2D eigenvalue weighted by molar-refractivity contribution is 5.76. The number of likely N-dealkylation sites (tertiary alicyclic amines) is 1. The molecule has 16 heavy (non-hydrogen) atoms. The van der Waals surface area contributed by atoms with Gasteiger partial charge >= 0.3 is 0 Å². The van der Waals surface area contributed by atoms with Crippen LogP contribution in [0.3, 0.4) is 0 Å².